The van der Waals surface area contributed by atoms with Crippen LogP contribution in [0, 0.1) is 20.3 Å². The molecule has 0 fully saturated rings. The van der Waals surface area contributed by atoms with E-state index in [2.05, 4.69) is 64.1 Å². The molecule has 0 amide bonds. The van der Waals surface area contributed by atoms with Crippen molar-refractivity contribution in [3.8, 4) is 0 Å². The van der Waals surface area contributed by atoms with Gasteiger partial charge in [-0.3, -0.25) is 0 Å². The van der Waals surface area contributed by atoms with Crippen molar-refractivity contribution in [3.63, 3.8) is 0 Å². The van der Waals surface area contributed by atoms with E-state index in [0.29, 0.717) is 11.3 Å². The third-order valence-electron chi connectivity index (χ3n) is 9.36. The third-order valence-corrected chi connectivity index (χ3v) is 13.4. The lowest BCUT2D eigenvalue weighted by atomic mass is 9.77. The molecule has 0 radical (unpaired) electrons. The molecule has 0 saturated heterocycles. The van der Waals surface area contributed by atoms with Gasteiger partial charge in [0.05, 0.1) is 32.7 Å². The number of hydrogen-bond acceptors (Lipinski definition) is 6. The summed E-state index contributed by atoms with van der Waals surface area (Å²) < 4.78 is 22.1. The Bertz CT molecular complexity index is 1960. The number of fused-ring (bicyclic) bond motifs is 1. The molecule has 0 spiro atoms. The molecule has 8 heteroatoms. The molecule has 8 rings (SSSR count). The van der Waals surface area contributed by atoms with Gasteiger partial charge in [0, 0.05) is 50.9 Å². The molecule has 3 aliphatic carbocycles. The number of benzene rings is 1. The minimum absolute atomic E-state index is 0.380. The van der Waals surface area contributed by atoms with Crippen molar-refractivity contribution < 1.29 is 8.74 Å². The fourth-order valence-corrected chi connectivity index (χ4v) is 11.3. The number of allylic oxidation sites excluding steroid dienone is 5. The van der Waals surface area contributed by atoms with Crippen LogP contribution in [0.5, 0.6) is 0 Å². The number of rotatable bonds is 4. The summed E-state index contributed by atoms with van der Waals surface area (Å²) in [6.45, 7) is 2.15. The van der Waals surface area contributed by atoms with Gasteiger partial charge in [-0.2, -0.15) is 0 Å². The van der Waals surface area contributed by atoms with E-state index in [9.17, 15) is 4.55 Å². The second-order valence-corrected chi connectivity index (χ2v) is 16.4. The first-order chi connectivity index (χ1) is 20.6. The van der Waals surface area contributed by atoms with Crippen molar-refractivity contribution in [2.24, 2.45) is 5.92 Å². The largest absolute Gasteiger partial charge is 0.354 e. The van der Waals surface area contributed by atoms with Crippen LogP contribution in [0.4, 0.5) is 5.69 Å². The zero-order valence-corrected chi connectivity index (χ0v) is 27.4. The third kappa shape index (κ3) is 4.74. The van der Waals surface area contributed by atoms with Gasteiger partial charge in [0.2, 0.25) is 0 Å². The molecule has 0 bridgehead atoms. The highest BCUT2D eigenvalue weighted by Gasteiger charge is 2.35. The standard InChI is InChI=1S/C34H36N2O2S4/c1-38-41-27-11-12-28-33-25(27)5-3-15-35(33)31(39-28)19-21-7-9-23-10-8-22(18-24(23)17-21)20-32-36-16-4-6-26-30(42(2)37)14-13-29(40-32)34(26)36/h6,11-14,17-20,23,31,37H,3-5,7-10,15-16H2,1-2H3. The van der Waals surface area contributed by atoms with E-state index in [1.54, 1.807) is 7.11 Å². The molecule has 218 valence electrons. The number of hydrogen-bond donors (Lipinski definition) is 1. The summed E-state index contributed by atoms with van der Waals surface area (Å²) in [5, 5.41) is 2.93. The first-order valence-electron chi connectivity index (χ1n) is 15.0. The van der Waals surface area contributed by atoms with E-state index in [0.717, 1.165) is 36.9 Å². The maximum absolute atomic E-state index is 10.4. The van der Waals surface area contributed by atoms with Gasteiger partial charge in [-0.15, -0.1) is 11.3 Å². The van der Waals surface area contributed by atoms with Crippen molar-refractivity contribution >= 4 is 63.7 Å². The molecule has 4 aliphatic heterocycles. The van der Waals surface area contributed by atoms with Crippen LogP contribution in [0.25, 0.3) is 12.2 Å². The molecule has 1 aromatic carbocycles. The molecule has 42 heavy (non-hydrogen) atoms. The summed E-state index contributed by atoms with van der Waals surface area (Å²) in [7, 11) is 1.04. The fraction of sp³-hybridized carbons (Fsp3) is 0.382. The lowest BCUT2D eigenvalue weighted by Gasteiger charge is -2.32. The minimum Gasteiger partial charge on any atom is -0.354 e. The average Bonchev–Trinajstić information content (AvgIpc) is 3.54. The summed E-state index contributed by atoms with van der Waals surface area (Å²) in [6, 6.07) is 8.89. The van der Waals surface area contributed by atoms with E-state index >= 15 is 0 Å². The second kappa shape index (κ2) is 11.2. The van der Waals surface area contributed by atoms with Gasteiger partial charge in [0.15, 0.2) is 0 Å². The van der Waals surface area contributed by atoms with Crippen LogP contribution in [-0.4, -0.2) is 34.4 Å². The first kappa shape index (κ1) is 27.6. The van der Waals surface area contributed by atoms with Crippen LogP contribution in [0.2, 0.25) is 0 Å². The Hall–Kier alpha value is -1.94. The van der Waals surface area contributed by atoms with Crippen LogP contribution in [0.3, 0.4) is 0 Å². The Labute approximate surface area is 262 Å². The van der Waals surface area contributed by atoms with Crippen molar-refractivity contribution in [1.29, 1.82) is 0 Å². The Balaban J connectivity index is 1.12. The fourth-order valence-electron chi connectivity index (χ4n) is 7.45. The molecule has 3 unspecified atom stereocenters. The second-order valence-electron chi connectivity index (χ2n) is 11.9. The topological polar surface area (TPSA) is 37.6 Å². The molecule has 1 N–H and O–H groups in total. The van der Waals surface area contributed by atoms with Gasteiger partial charge in [-0.25, -0.2) is 0 Å². The summed E-state index contributed by atoms with van der Waals surface area (Å²) in [5.74, 6) is 0.687. The van der Waals surface area contributed by atoms with E-state index in [-0.39, 0.29) is 0 Å². The van der Waals surface area contributed by atoms with Gasteiger partial charge in [-0.1, -0.05) is 40.8 Å². The molecule has 4 heterocycles. The van der Waals surface area contributed by atoms with Crippen LogP contribution in [0.1, 0.15) is 44.1 Å². The molecule has 7 aliphatic rings. The first-order valence-corrected chi connectivity index (χ1v) is 19.0. The molecule has 0 aromatic heterocycles. The highest BCUT2D eigenvalue weighted by Crippen LogP contribution is 2.51. The van der Waals surface area contributed by atoms with Crippen LogP contribution < -0.4 is 14.8 Å². The van der Waals surface area contributed by atoms with Crippen molar-refractivity contribution in [3.05, 3.63) is 89.0 Å². The van der Waals surface area contributed by atoms with Gasteiger partial charge in [-0.05, 0) is 110 Å². The minimum atomic E-state index is -0.728. The lowest BCUT2D eigenvalue weighted by Crippen LogP contribution is -2.33. The van der Waals surface area contributed by atoms with Gasteiger partial charge in [0.1, 0.15) is 0 Å². The Morgan fingerprint density at radius 2 is 2.00 bits per heavy atom. The molecular formula is C34H36N2O2S4. The SMILES string of the molecule is COSc1ccc2c3c1CCCN3C(C=C1C=C3C=C(C=c4sc5ccc(=S(C)O)c6c=5n4CCC=6)CCC3CC1)S2. The van der Waals surface area contributed by atoms with Crippen molar-refractivity contribution in [2.75, 3.05) is 24.8 Å². The Morgan fingerprint density at radius 1 is 1.10 bits per heavy atom. The highest BCUT2D eigenvalue weighted by molar-refractivity contribution is 8.03. The number of thioether (sulfide) groups is 1. The maximum Gasteiger partial charge on any atom is 0.0988 e. The van der Waals surface area contributed by atoms with Crippen LogP contribution >= 0.6 is 45.9 Å². The van der Waals surface area contributed by atoms with Crippen LogP contribution in [-0.2, 0) is 17.1 Å². The van der Waals surface area contributed by atoms with Gasteiger partial charge >= 0.3 is 0 Å². The molecule has 1 aromatic rings. The Morgan fingerprint density at radius 3 is 2.88 bits per heavy atom. The summed E-state index contributed by atoms with van der Waals surface area (Å²) in [4.78, 5) is 5.35. The number of aromatic nitrogens is 1. The summed E-state index contributed by atoms with van der Waals surface area (Å²) >= 11 is 5.42. The molecule has 3 atom stereocenters. The Kier molecular flexibility index (Phi) is 7.36. The van der Waals surface area contributed by atoms with Crippen molar-refractivity contribution in [1.82, 2.24) is 4.57 Å². The van der Waals surface area contributed by atoms with E-state index in [4.69, 9.17) is 4.18 Å². The highest BCUT2D eigenvalue weighted by atomic mass is 32.2. The zero-order chi connectivity index (χ0) is 28.4. The number of anilines is 1. The summed E-state index contributed by atoms with van der Waals surface area (Å²) in [6.07, 6.45) is 22.5. The van der Waals surface area contributed by atoms with E-state index < -0.39 is 10.8 Å². The molecule has 0 saturated carbocycles. The predicted octanol–water partition coefficient (Wildman–Crippen LogP) is 7.66. The van der Waals surface area contributed by atoms with E-state index in [1.165, 1.54) is 95.3 Å². The predicted molar refractivity (Wildman–Crippen MR) is 181 cm³/mol. The molecule has 4 nitrogen and oxygen atoms in total. The smallest absolute Gasteiger partial charge is 0.0988 e. The number of nitrogens with zero attached hydrogens (tertiary/aromatic N) is 2. The van der Waals surface area contributed by atoms with Crippen LogP contribution in [0.15, 0.2) is 69.0 Å². The van der Waals surface area contributed by atoms with Crippen molar-refractivity contribution in [2.45, 2.75) is 66.7 Å². The molecular weight excluding hydrogens is 597 g/mol. The quantitative estimate of drug-likeness (QED) is 0.236. The zero-order valence-electron chi connectivity index (χ0n) is 24.1. The van der Waals surface area contributed by atoms with Gasteiger partial charge < -0.3 is 18.2 Å². The van der Waals surface area contributed by atoms with E-state index in [1.807, 2.05) is 29.4 Å². The normalized spacial score (nSPS) is 25.2. The monoisotopic (exact) mass is 632 g/mol. The lowest BCUT2D eigenvalue weighted by molar-refractivity contribution is 0.489. The average molecular weight is 633 g/mol. The summed E-state index contributed by atoms with van der Waals surface area (Å²) in [5.41, 5.74) is 7.41. The maximum atomic E-state index is 10.4. The van der Waals surface area contributed by atoms with Gasteiger partial charge in [0.25, 0.3) is 0 Å².